The zero-order valence-electron chi connectivity index (χ0n) is 8.17. The predicted molar refractivity (Wildman–Crippen MR) is 71.8 cm³/mol. The molecular formula is C11H11BrINO. The molecule has 0 saturated carbocycles. The van der Waals surface area contributed by atoms with Gasteiger partial charge in [-0.15, -0.1) is 0 Å². The van der Waals surface area contributed by atoms with Crippen LogP contribution >= 0.6 is 38.5 Å². The van der Waals surface area contributed by atoms with Gasteiger partial charge in [0, 0.05) is 21.1 Å². The quantitative estimate of drug-likeness (QED) is 0.723. The van der Waals surface area contributed by atoms with Crippen molar-refractivity contribution in [3.63, 3.8) is 0 Å². The van der Waals surface area contributed by atoms with Gasteiger partial charge >= 0.3 is 0 Å². The molecule has 0 aromatic heterocycles. The van der Waals surface area contributed by atoms with Crippen molar-refractivity contribution in [2.24, 2.45) is 0 Å². The lowest BCUT2D eigenvalue weighted by Crippen LogP contribution is -2.42. The van der Waals surface area contributed by atoms with Crippen LogP contribution in [0.5, 0.6) is 0 Å². The van der Waals surface area contributed by atoms with E-state index >= 15 is 0 Å². The van der Waals surface area contributed by atoms with Crippen molar-refractivity contribution in [3.8, 4) is 0 Å². The van der Waals surface area contributed by atoms with Gasteiger partial charge in [0.05, 0.1) is 6.42 Å². The molecule has 1 amide bonds. The van der Waals surface area contributed by atoms with Gasteiger partial charge < -0.3 is 4.90 Å². The highest BCUT2D eigenvalue weighted by atomic mass is 127. The normalized spacial score (nSPS) is 14.9. The molecule has 2 nitrogen and oxygen atoms in total. The lowest BCUT2D eigenvalue weighted by Gasteiger charge is -2.31. The maximum Gasteiger partial charge on any atom is 0.227 e. The summed E-state index contributed by atoms with van der Waals surface area (Å²) in [6, 6.07) is 6.06. The fourth-order valence-electron chi connectivity index (χ4n) is 1.52. The van der Waals surface area contributed by atoms with Gasteiger partial charge in [0.1, 0.15) is 0 Å². The number of amides is 1. The van der Waals surface area contributed by atoms with E-state index in [0.717, 1.165) is 33.1 Å². The van der Waals surface area contributed by atoms with Gasteiger partial charge in [0.2, 0.25) is 5.91 Å². The van der Waals surface area contributed by atoms with Crippen LogP contribution in [0, 0.1) is 3.57 Å². The van der Waals surface area contributed by atoms with Crippen molar-refractivity contribution in [3.05, 3.63) is 31.8 Å². The minimum Gasteiger partial charge on any atom is -0.342 e. The second-order valence-electron chi connectivity index (χ2n) is 3.65. The molecule has 0 aliphatic carbocycles. The molecule has 1 aliphatic heterocycles. The number of hydrogen-bond acceptors (Lipinski definition) is 1. The van der Waals surface area contributed by atoms with Crippen molar-refractivity contribution in [1.82, 2.24) is 4.90 Å². The zero-order valence-corrected chi connectivity index (χ0v) is 11.9. The van der Waals surface area contributed by atoms with Crippen LogP contribution in [0.3, 0.4) is 0 Å². The minimum atomic E-state index is 0.247. The van der Waals surface area contributed by atoms with Crippen molar-refractivity contribution >= 4 is 44.4 Å². The molecule has 0 radical (unpaired) electrons. The lowest BCUT2D eigenvalue weighted by atomic mass is 10.1. The smallest absolute Gasteiger partial charge is 0.227 e. The molecular weight excluding hydrogens is 369 g/mol. The van der Waals surface area contributed by atoms with Gasteiger partial charge in [-0.05, 0) is 52.8 Å². The molecule has 1 aromatic rings. The van der Waals surface area contributed by atoms with Gasteiger partial charge in [-0.2, -0.15) is 0 Å². The molecule has 0 unspecified atom stereocenters. The summed E-state index contributed by atoms with van der Waals surface area (Å²) >= 11 is 5.70. The second-order valence-corrected chi connectivity index (χ2v) is 5.72. The summed E-state index contributed by atoms with van der Waals surface area (Å²) in [4.78, 5) is 13.7. The first-order chi connectivity index (χ1) is 7.16. The fourth-order valence-corrected chi connectivity index (χ4v) is 2.45. The first-order valence-corrected chi connectivity index (χ1v) is 6.76. The molecule has 0 bridgehead atoms. The Morgan fingerprint density at radius 2 is 2.20 bits per heavy atom. The maximum atomic E-state index is 11.8. The lowest BCUT2D eigenvalue weighted by molar-refractivity contribution is -0.133. The van der Waals surface area contributed by atoms with E-state index in [0.29, 0.717) is 6.42 Å². The average molecular weight is 380 g/mol. The summed E-state index contributed by atoms with van der Waals surface area (Å²) in [5, 5.41) is 0. The summed E-state index contributed by atoms with van der Waals surface area (Å²) in [5.41, 5.74) is 1.11. The standard InChI is InChI=1S/C11H11BrINO/c12-9-2-3-10(13)8(6-9)7-11(15)14-4-1-5-14/h2-3,6H,1,4-5,7H2. The number of nitrogens with zero attached hydrogens (tertiary/aromatic N) is 1. The van der Waals surface area contributed by atoms with Gasteiger partial charge in [-0.25, -0.2) is 0 Å². The summed E-state index contributed by atoms with van der Waals surface area (Å²) in [6.45, 7) is 1.87. The molecule has 1 aromatic carbocycles. The Kier molecular flexibility index (Phi) is 3.66. The van der Waals surface area contributed by atoms with Crippen LogP contribution in [0.15, 0.2) is 22.7 Å². The summed E-state index contributed by atoms with van der Waals surface area (Å²) < 4.78 is 2.19. The molecule has 80 valence electrons. The molecule has 1 aliphatic rings. The number of likely N-dealkylation sites (tertiary alicyclic amines) is 1. The Bertz CT molecular complexity index is 390. The van der Waals surface area contributed by atoms with Gasteiger partial charge in [-0.1, -0.05) is 15.9 Å². The topological polar surface area (TPSA) is 20.3 Å². The summed E-state index contributed by atoms with van der Waals surface area (Å²) in [7, 11) is 0. The molecule has 1 heterocycles. The van der Waals surface area contributed by atoms with Gasteiger partial charge in [0.25, 0.3) is 0 Å². The molecule has 2 rings (SSSR count). The SMILES string of the molecule is O=C(Cc1cc(Br)ccc1I)N1CCC1. The first-order valence-electron chi connectivity index (χ1n) is 4.88. The Labute approximate surface area is 111 Å². The van der Waals surface area contributed by atoms with Crippen LogP contribution in [0.1, 0.15) is 12.0 Å². The Morgan fingerprint density at radius 1 is 1.47 bits per heavy atom. The number of carbonyl (C=O) groups excluding carboxylic acids is 1. The zero-order chi connectivity index (χ0) is 10.8. The van der Waals surface area contributed by atoms with E-state index in [4.69, 9.17) is 0 Å². The summed E-state index contributed by atoms with van der Waals surface area (Å²) in [6.07, 6.45) is 1.68. The highest BCUT2D eigenvalue weighted by Crippen LogP contribution is 2.20. The third-order valence-corrected chi connectivity index (χ3v) is 4.10. The Balaban J connectivity index is 2.09. The van der Waals surface area contributed by atoms with E-state index in [9.17, 15) is 4.79 Å². The maximum absolute atomic E-state index is 11.8. The molecule has 1 saturated heterocycles. The second kappa shape index (κ2) is 4.82. The molecule has 1 fully saturated rings. The highest BCUT2D eigenvalue weighted by molar-refractivity contribution is 14.1. The largest absolute Gasteiger partial charge is 0.342 e. The predicted octanol–water partition coefficient (Wildman–Crippen LogP) is 2.83. The van der Waals surface area contributed by atoms with Crippen LogP contribution in [-0.2, 0) is 11.2 Å². The fraction of sp³-hybridized carbons (Fsp3) is 0.364. The molecule has 0 N–H and O–H groups in total. The number of hydrogen-bond donors (Lipinski definition) is 0. The number of halogens is 2. The van der Waals surface area contributed by atoms with Crippen LogP contribution < -0.4 is 0 Å². The Morgan fingerprint density at radius 3 is 2.80 bits per heavy atom. The van der Waals surface area contributed by atoms with E-state index in [1.54, 1.807) is 0 Å². The van der Waals surface area contributed by atoms with Crippen molar-refractivity contribution < 1.29 is 4.79 Å². The first kappa shape index (κ1) is 11.4. The number of carbonyl (C=O) groups is 1. The molecule has 0 atom stereocenters. The van der Waals surface area contributed by atoms with E-state index in [2.05, 4.69) is 38.5 Å². The molecule has 15 heavy (non-hydrogen) atoms. The summed E-state index contributed by atoms with van der Waals surface area (Å²) in [5.74, 6) is 0.247. The van der Waals surface area contributed by atoms with Gasteiger partial charge in [-0.3, -0.25) is 4.79 Å². The molecule has 0 spiro atoms. The van der Waals surface area contributed by atoms with Crippen LogP contribution in [0.4, 0.5) is 0 Å². The minimum absolute atomic E-state index is 0.247. The monoisotopic (exact) mass is 379 g/mol. The van der Waals surface area contributed by atoms with E-state index in [1.807, 2.05) is 23.1 Å². The Hall–Kier alpha value is -0.100. The third-order valence-electron chi connectivity index (χ3n) is 2.56. The van der Waals surface area contributed by atoms with E-state index in [-0.39, 0.29) is 5.91 Å². The number of benzene rings is 1. The van der Waals surface area contributed by atoms with Crippen LogP contribution in [0.25, 0.3) is 0 Å². The average Bonchev–Trinajstić information content (AvgIpc) is 2.08. The number of rotatable bonds is 2. The van der Waals surface area contributed by atoms with Crippen LogP contribution in [-0.4, -0.2) is 23.9 Å². The van der Waals surface area contributed by atoms with E-state index < -0.39 is 0 Å². The molecule has 4 heteroatoms. The van der Waals surface area contributed by atoms with Crippen LogP contribution in [0.2, 0.25) is 0 Å². The van der Waals surface area contributed by atoms with Crippen molar-refractivity contribution in [2.45, 2.75) is 12.8 Å². The third kappa shape index (κ3) is 2.72. The highest BCUT2D eigenvalue weighted by Gasteiger charge is 2.20. The van der Waals surface area contributed by atoms with Crippen molar-refractivity contribution in [2.75, 3.05) is 13.1 Å². The van der Waals surface area contributed by atoms with Crippen molar-refractivity contribution in [1.29, 1.82) is 0 Å². The van der Waals surface area contributed by atoms with E-state index in [1.165, 1.54) is 0 Å². The van der Waals surface area contributed by atoms with Gasteiger partial charge in [0.15, 0.2) is 0 Å².